The summed E-state index contributed by atoms with van der Waals surface area (Å²) in [5, 5.41) is 0. The molecule has 0 heterocycles. The first kappa shape index (κ1) is 52.6. The third-order valence-electron chi connectivity index (χ3n) is 9.21. The van der Waals surface area contributed by atoms with Crippen LogP contribution < -0.4 is 0 Å². The number of ether oxygens (including phenoxy) is 3. The van der Waals surface area contributed by atoms with Crippen molar-refractivity contribution in [2.45, 2.75) is 200 Å². The van der Waals surface area contributed by atoms with Crippen molar-refractivity contribution in [3.8, 4) is 0 Å². The van der Waals surface area contributed by atoms with E-state index in [0.29, 0.717) is 19.3 Å². The van der Waals surface area contributed by atoms with E-state index in [4.69, 9.17) is 14.2 Å². The summed E-state index contributed by atoms with van der Waals surface area (Å²) in [4.78, 5) is 37.7. The van der Waals surface area contributed by atoms with Gasteiger partial charge in [0.2, 0.25) is 0 Å². The van der Waals surface area contributed by atoms with Crippen LogP contribution in [0.5, 0.6) is 0 Å². The first-order chi connectivity index (χ1) is 27.5. The third kappa shape index (κ3) is 41.7. The predicted molar refractivity (Wildman–Crippen MR) is 237 cm³/mol. The summed E-state index contributed by atoms with van der Waals surface area (Å²) in [5.41, 5.74) is 0. The molecule has 0 aromatic carbocycles. The molecule has 0 spiro atoms. The average molecular weight is 779 g/mol. The Kier molecular flexibility index (Phi) is 41.6. The second-order valence-electron chi connectivity index (χ2n) is 14.6. The molecule has 0 aromatic heterocycles. The molecule has 0 saturated heterocycles. The molecule has 0 aromatic rings. The lowest BCUT2D eigenvalue weighted by Crippen LogP contribution is -2.30. The van der Waals surface area contributed by atoms with Crippen LogP contribution in [0.2, 0.25) is 0 Å². The van der Waals surface area contributed by atoms with E-state index in [1.165, 1.54) is 38.5 Å². The van der Waals surface area contributed by atoms with Crippen molar-refractivity contribution in [2.75, 3.05) is 13.2 Å². The quantitative estimate of drug-likeness (QED) is 0.0203. The molecule has 0 aliphatic heterocycles. The highest BCUT2D eigenvalue weighted by Gasteiger charge is 2.19. The highest BCUT2D eigenvalue weighted by molar-refractivity contribution is 5.71. The van der Waals surface area contributed by atoms with E-state index in [9.17, 15) is 14.4 Å². The summed E-state index contributed by atoms with van der Waals surface area (Å²) in [6.07, 6.45) is 55.7. The van der Waals surface area contributed by atoms with Crippen molar-refractivity contribution in [1.82, 2.24) is 0 Å². The zero-order valence-corrected chi connectivity index (χ0v) is 36.1. The first-order valence-electron chi connectivity index (χ1n) is 22.6. The number of unbranched alkanes of at least 4 members (excludes halogenated alkanes) is 16. The Morgan fingerprint density at radius 3 is 1.30 bits per heavy atom. The van der Waals surface area contributed by atoms with E-state index >= 15 is 0 Å². The number of allylic oxidation sites excluding steroid dienone is 14. The van der Waals surface area contributed by atoms with E-state index in [1.54, 1.807) is 0 Å². The van der Waals surface area contributed by atoms with Crippen LogP contribution >= 0.6 is 0 Å². The van der Waals surface area contributed by atoms with Gasteiger partial charge >= 0.3 is 17.9 Å². The largest absolute Gasteiger partial charge is 0.462 e. The Bertz CT molecular complexity index is 1120. The van der Waals surface area contributed by atoms with Crippen molar-refractivity contribution < 1.29 is 28.6 Å². The molecule has 6 nitrogen and oxygen atoms in total. The van der Waals surface area contributed by atoms with Crippen molar-refractivity contribution >= 4 is 17.9 Å². The fraction of sp³-hybridized carbons (Fsp3) is 0.660. The lowest BCUT2D eigenvalue weighted by atomic mass is 10.1. The lowest BCUT2D eigenvalue weighted by Gasteiger charge is -2.18. The molecule has 0 bridgehead atoms. The zero-order valence-electron chi connectivity index (χ0n) is 36.1. The summed E-state index contributed by atoms with van der Waals surface area (Å²) < 4.78 is 16.6. The number of hydrogen-bond donors (Lipinski definition) is 0. The number of hydrogen-bond acceptors (Lipinski definition) is 6. The van der Waals surface area contributed by atoms with Gasteiger partial charge in [0, 0.05) is 19.3 Å². The maximum absolute atomic E-state index is 12.7. The predicted octanol–water partition coefficient (Wildman–Crippen LogP) is 14.5. The molecule has 0 aliphatic carbocycles. The summed E-state index contributed by atoms with van der Waals surface area (Å²) >= 11 is 0. The molecule has 0 aliphatic rings. The summed E-state index contributed by atoms with van der Waals surface area (Å²) in [5.74, 6) is -0.959. The summed E-state index contributed by atoms with van der Waals surface area (Å²) in [6, 6.07) is 0. The summed E-state index contributed by atoms with van der Waals surface area (Å²) in [6.45, 7) is 6.30. The van der Waals surface area contributed by atoms with Gasteiger partial charge in [0.05, 0.1) is 0 Å². The molecule has 1 unspecified atom stereocenters. The number of carbonyl (C=O) groups is 3. The van der Waals surface area contributed by atoms with Crippen LogP contribution in [0.25, 0.3) is 0 Å². The van der Waals surface area contributed by atoms with Gasteiger partial charge in [-0.25, -0.2) is 0 Å². The fourth-order valence-electron chi connectivity index (χ4n) is 5.84. The van der Waals surface area contributed by atoms with E-state index < -0.39 is 6.10 Å². The van der Waals surface area contributed by atoms with E-state index in [2.05, 4.69) is 99.8 Å². The maximum atomic E-state index is 12.7. The minimum atomic E-state index is -0.796. The minimum absolute atomic E-state index is 0.0955. The van der Waals surface area contributed by atoms with Crippen molar-refractivity contribution in [1.29, 1.82) is 0 Å². The van der Waals surface area contributed by atoms with E-state index in [0.717, 1.165) is 116 Å². The standard InChI is InChI=1S/C50H82O6/c1-4-7-10-13-16-19-21-23-24-25-27-28-31-34-37-40-43-49(52)55-46-47(45-54-48(51)42-39-36-33-30-18-15-12-9-6-3)56-50(53)44-41-38-35-32-29-26-22-20-17-14-11-8-5-2/h7-8,10-11,14,16-17,19-20,22-24,27-28,47H,4-6,9,12-13,15,18,21,25-26,29-46H2,1-3H3/b10-7-,11-8-,17-14-,19-16-,22-20-,24-23-,28-27-. The first-order valence-corrected chi connectivity index (χ1v) is 22.6. The normalized spacial score (nSPS) is 12.8. The molecule has 0 saturated carbocycles. The lowest BCUT2D eigenvalue weighted by molar-refractivity contribution is -0.167. The number of carbonyl (C=O) groups excluding carboxylic acids is 3. The third-order valence-corrected chi connectivity index (χ3v) is 9.21. The number of esters is 3. The molecule has 6 heteroatoms. The second kappa shape index (κ2) is 44.3. The van der Waals surface area contributed by atoms with Crippen molar-refractivity contribution in [3.63, 3.8) is 0 Å². The van der Waals surface area contributed by atoms with E-state index in [-0.39, 0.29) is 31.1 Å². The Hall–Kier alpha value is -3.41. The van der Waals surface area contributed by atoms with Crippen LogP contribution in [0.15, 0.2) is 85.1 Å². The Labute approximate surface area is 344 Å². The zero-order chi connectivity index (χ0) is 40.8. The van der Waals surface area contributed by atoms with Gasteiger partial charge in [0.15, 0.2) is 6.10 Å². The highest BCUT2D eigenvalue weighted by Crippen LogP contribution is 2.13. The van der Waals surface area contributed by atoms with Gasteiger partial charge in [-0.15, -0.1) is 0 Å². The van der Waals surface area contributed by atoms with Crippen LogP contribution in [0.4, 0.5) is 0 Å². The Morgan fingerprint density at radius 2 is 0.786 bits per heavy atom. The Balaban J connectivity index is 4.46. The molecule has 1 atom stereocenters. The topological polar surface area (TPSA) is 78.9 Å². The van der Waals surface area contributed by atoms with Crippen LogP contribution in [0, 0.1) is 0 Å². The monoisotopic (exact) mass is 779 g/mol. The van der Waals surface area contributed by atoms with Crippen LogP contribution in [-0.2, 0) is 28.6 Å². The van der Waals surface area contributed by atoms with Crippen LogP contribution in [0.3, 0.4) is 0 Å². The minimum Gasteiger partial charge on any atom is -0.462 e. The van der Waals surface area contributed by atoms with E-state index in [1.807, 2.05) is 6.08 Å². The van der Waals surface area contributed by atoms with Gasteiger partial charge in [-0.05, 0) is 77.0 Å². The highest BCUT2D eigenvalue weighted by atomic mass is 16.6. The second-order valence-corrected chi connectivity index (χ2v) is 14.6. The molecule has 0 amide bonds. The smallest absolute Gasteiger partial charge is 0.306 e. The molecule has 56 heavy (non-hydrogen) atoms. The molecule has 0 rings (SSSR count). The fourth-order valence-corrected chi connectivity index (χ4v) is 5.84. The maximum Gasteiger partial charge on any atom is 0.306 e. The van der Waals surface area contributed by atoms with Gasteiger partial charge in [0.25, 0.3) is 0 Å². The summed E-state index contributed by atoms with van der Waals surface area (Å²) in [7, 11) is 0. The van der Waals surface area contributed by atoms with Crippen molar-refractivity contribution in [3.05, 3.63) is 85.1 Å². The van der Waals surface area contributed by atoms with Gasteiger partial charge in [-0.2, -0.15) is 0 Å². The van der Waals surface area contributed by atoms with Gasteiger partial charge < -0.3 is 14.2 Å². The molecular weight excluding hydrogens is 697 g/mol. The van der Waals surface area contributed by atoms with Gasteiger partial charge in [0.1, 0.15) is 13.2 Å². The molecule has 0 N–H and O–H groups in total. The van der Waals surface area contributed by atoms with Crippen molar-refractivity contribution in [2.24, 2.45) is 0 Å². The molecule has 318 valence electrons. The average Bonchev–Trinajstić information content (AvgIpc) is 3.19. The Morgan fingerprint density at radius 1 is 0.393 bits per heavy atom. The van der Waals surface area contributed by atoms with Gasteiger partial charge in [-0.3, -0.25) is 14.4 Å². The SMILES string of the molecule is CC\C=C/C=C\C=C/CCCCCCCC(=O)OC(COC(=O)CCCCC/C=C\C/C=C\C/C=C\C/C=C\CC)COC(=O)CCCCCCCCCCC. The number of rotatable bonds is 39. The molecule has 0 fully saturated rings. The molecular formula is C50H82O6. The van der Waals surface area contributed by atoms with Crippen LogP contribution in [-0.4, -0.2) is 37.2 Å². The van der Waals surface area contributed by atoms with Crippen LogP contribution in [0.1, 0.15) is 194 Å². The van der Waals surface area contributed by atoms with Gasteiger partial charge in [-0.1, -0.05) is 183 Å². The molecule has 0 radical (unpaired) electrons.